The Bertz CT molecular complexity index is 683. The normalized spacial score (nSPS) is 10.6. The average molecular weight is 301 g/mol. The van der Waals surface area contributed by atoms with Crippen molar-refractivity contribution < 1.29 is 26.7 Å². The zero-order chi connectivity index (χ0) is 15.7. The summed E-state index contributed by atoms with van der Waals surface area (Å²) in [4.78, 5) is 10.8. The highest BCUT2D eigenvalue weighted by Crippen LogP contribution is 2.32. The molecule has 0 fully saturated rings. The molecular formula is C14H8F5NO. The SMILES string of the molecule is CC(=O)Nc1ccc(-c2c(F)c(F)c(F)c(F)c2F)cc1. The highest BCUT2D eigenvalue weighted by atomic mass is 19.2. The Balaban J connectivity index is 2.54. The van der Waals surface area contributed by atoms with E-state index in [9.17, 15) is 26.7 Å². The number of halogens is 5. The van der Waals surface area contributed by atoms with Gasteiger partial charge < -0.3 is 5.32 Å². The van der Waals surface area contributed by atoms with Crippen LogP contribution in [0.3, 0.4) is 0 Å². The van der Waals surface area contributed by atoms with Gasteiger partial charge in [0, 0.05) is 12.6 Å². The van der Waals surface area contributed by atoms with Crippen molar-refractivity contribution in [1.82, 2.24) is 0 Å². The van der Waals surface area contributed by atoms with E-state index in [1.165, 1.54) is 19.1 Å². The number of hydrogen-bond donors (Lipinski definition) is 1. The van der Waals surface area contributed by atoms with Crippen molar-refractivity contribution in [2.75, 3.05) is 5.32 Å². The molecule has 0 atom stereocenters. The summed E-state index contributed by atoms with van der Waals surface area (Å²) in [5, 5.41) is 2.41. The molecule has 0 bridgehead atoms. The summed E-state index contributed by atoms with van der Waals surface area (Å²) >= 11 is 0. The van der Waals surface area contributed by atoms with E-state index in [4.69, 9.17) is 0 Å². The molecule has 0 aliphatic carbocycles. The van der Waals surface area contributed by atoms with E-state index in [1.54, 1.807) is 0 Å². The summed E-state index contributed by atoms with van der Waals surface area (Å²) in [7, 11) is 0. The second-order valence-corrected chi connectivity index (χ2v) is 4.20. The predicted molar refractivity (Wildman–Crippen MR) is 66.0 cm³/mol. The molecule has 21 heavy (non-hydrogen) atoms. The van der Waals surface area contributed by atoms with Gasteiger partial charge in [0.25, 0.3) is 0 Å². The molecule has 0 radical (unpaired) electrons. The van der Waals surface area contributed by atoms with Crippen LogP contribution in [0.4, 0.5) is 27.6 Å². The molecule has 0 aromatic heterocycles. The van der Waals surface area contributed by atoms with Crippen LogP contribution in [0.25, 0.3) is 11.1 Å². The Morgan fingerprint density at radius 2 is 1.24 bits per heavy atom. The van der Waals surface area contributed by atoms with Crippen molar-refractivity contribution in [1.29, 1.82) is 0 Å². The zero-order valence-corrected chi connectivity index (χ0v) is 10.6. The Labute approximate surface area is 116 Å². The predicted octanol–water partition coefficient (Wildman–Crippen LogP) is 4.01. The minimum Gasteiger partial charge on any atom is -0.326 e. The summed E-state index contributed by atoms with van der Waals surface area (Å²) in [6.07, 6.45) is 0. The number of nitrogens with one attached hydrogen (secondary N) is 1. The van der Waals surface area contributed by atoms with Gasteiger partial charge in [-0.15, -0.1) is 0 Å². The lowest BCUT2D eigenvalue weighted by molar-refractivity contribution is -0.114. The third kappa shape index (κ3) is 2.72. The lowest BCUT2D eigenvalue weighted by atomic mass is 10.0. The summed E-state index contributed by atoms with van der Waals surface area (Å²) in [5.41, 5.74) is -0.882. The van der Waals surface area contributed by atoms with Crippen LogP contribution in [0.5, 0.6) is 0 Å². The molecule has 2 rings (SSSR count). The molecule has 0 spiro atoms. The molecule has 1 N–H and O–H groups in total. The van der Waals surface area contributed by atoms with Crippen molar-refractivity contribution in [3.8, 4) is 11.1 Å². The Morgan fingerprint density at radius 3 is 1.67 bits per heavy atom. The molecule has 2 aromatic rings. The molecule has 7 heteroatoms. The van der Waals surface area contributed by atoms with Gasteiger partial charge in [0.05, 0.1) is 5.56 Å². The minimum absolute atomic E-state index is 0.197. The lowest BCUT2D eigenvalue weighted by Gasteiger charge is -2.09. The second-order valence-electron chi connectivity index (χ2n) is 4.20. The Morgan fingerprint density at radius 1 is 0.810 bits per heavy atom. The second kappa shape index (κ2) is 5.51. The number of hydrogen-bond acceptors (Lipinski definition) is 1. The van der Waals surface area contributed by atoms with Gasteiger partial charge in [-0.1, -0.05) is 12.1 Å². The summed E-state index contributed by atoms with van der Waals surface area (Å²) < 4.78 is 66.4. The largest absolute Gasteiger partial charge is 0.326 e. The van der Waals surface area contributed by atoms with Gasteiger partial charge in [0.2, 0.25) is 11.7 Å². The van der Waals surface area contributed by atoms with Crippen molar-refractivity contribution >= 4 is 11.6 Å². The maximum Gasteiger partial charge on any atom is 0.221 e. The van der Waals surface area contributed by atoms with Crippen LogP contribution in [0.1, 0.15) is 6.92 Å². The van der Waals surface area contributed by atoms with Crippen molar-refractivity contribution in [2.24, 2.45) is 0 Å². The quantitative estimate of drug-likeness (QED) is 0.507. The molecule has 110 valence electrons. The third-order valence-corrected chi connectivity index (χ3v) is 2.70. The van der Waals surface area contributed by atoms with Crippen molar-refractivity contribution in [3.63, 3.8) is 0 Å². The molecule has 0 saturated heterocycles. The summed E-state index contributed by atoms with van der Waals surface area (Å²) in [6, 6.07) is 4.86. The fraction of sp³-hybridized carbons (Fsp3) is 0.0714. The number of carbonyl (C=O) groups is 1. The van der Waals surface area contributed by atoms with Crippen molar-refractivity contribution in [2.45, 2.75) is 6.92 Å². The average Bonchev–Trinajstić information content (AvgIpc) is 2.44. The number of benzene rings is 2. The molecular weight excluding hydrogens is 293 g/mol. The van der Waals surface area contributed by atoms with Crippen molar-refractivity contribution in [3.05, 3.63) is 53.4 Å². The third-order valence-electron chi connectivity index (χ3n) is 2.70. The first kappa shape index (κ1) is 15.0. The van der Waals surface area contributed by atoms with E-state index in [-0.39, 0.29) is 11.5 Å². The molecule has 2 nitrogen and oxygen atoms in total. The molecule has 1 amide bonds. The van der Waals surface area contributed by atoms with Crippen LogP contribution < -0.4 is 5.32 Å². The van der Waals surface area contributed by atoms with E-state index in [1.807, 2.05) is 0 Å². The summed E-state index contributed by atoms with van der Waals surface area (Å²) in [5.74, 6) is -10.4. The highest BCUT2D eigenvalue weighted by molar-refractivity contribution is 5.89. The van der Waals surface area contributed by atoms with Gasteiger partial charge in [-0.05, 0) is 17.7 Å². The van der Waals surface area contributed by atoms with Gasteiger partial charge in [-0.2, -0.15) is 0 Å². The van der Waals surface area contributed by atoms with Gasteiger partial charge >= 0.3 is 0 Å². The van der Waals surface area contributed by atoms with Gasteiger partial charge in [0.15, 0.2) is 23.3 Å². The lowest BCUT2D eigenvalue weighted by Crippen LogP contribution is -2.06. The maximum absolute atomic E-state index is 13.6. The number of rotatable bonds is 2. The monoisotopic (exact) mass is 301 g/mol. The zero-order valence-electron chi connectivity index (χ0n) is 10.6. The first-order valence-electron chi connectivity index (χ1n) is 5.72. The van der Waals surface area contributed by atoms with Crippen LogP contribution in [-0.4, -0.2) is 5.91 Å². The Hall–Kier alpha value is -2.44. The van der Waals surface area contributed by atoms with E-state index >= 15 is 0 Å². The topological polar surface area (TPSA) is 29.1 Å². The molecule has 0 aliphatic rings. The van der Waals surface area contributed by atoms with E-state index < -0.39 is 34.6 Å². The number of carbonyl (C=O) groups excluding carboxylic acids is 1. The van der Waals surface area contributed by atoms with E-state index in [0.29, 0.717) is 5.69 Å². The summed E-state index contributed by atoms with van der Waals surface area (Å²) in [6.45, 7) is 1.26. The van der Waals surface area contributed by atoms with Gasteiger partial charge in [-0.25, -0.2) is 22.0 Å². The minimum atomic E-state index is -2.20. The van der Waals surface area contributed by atoms with E-state index in [2.05, 4.69) is 5.32 Å². The van der Waals surface area contributed by atoms with Crippen LogP contribution in [0.15, 0.2) is 24.3 Å². The van der Waals surface area contributed by atoms with Crippen LogP contribution in [0.2, 0.25) is 0 Å². The first-order valence-corrected chi connectivity index (χ1v) is 5.72. The molecule has 0 unspecified atom stereocenters. The fourth-order valence-electron chi connectivity index (χ4n) is 1.78. The first-order chi connectivity index (χ1) is 9.82. The van der Waals surface area contributed by atoms with Crippen LogP contribution in [0, 0.1) is 29.1 Å². The fourth-order valence-corrected chi connectivity index (χ4v) is 1.78. The maximum atomic E-state index is 13.6. The number of anilines is 1. The standard InChI is InChI=1S/C14H8F5NO/c1-6(21)20-8-4-2-7(3-5-8)9-10(15)12(17)14(19)13(18)11(9)16/h2-5H,1H3,(H,20,21). The van der Waals surface area contributed by atoms with E-state index in [0.717, 1.165) is 12.1 Å². The van der Waals surface area contributed by atoms with Gasteiger partial charge in [0.1, 0.15) is 0 Å². The van der Waals surface area contributed by atoms with Gasteiger partial charge in [-0.3, -0.25) is 4.79 Å². The molecule has 2 aromatic carbocycles. The highest BCUT2D eigenvalue weighted by Gasteiger charge is 2.26. The Kier molecular flexibility index (Phi) is 3.93. The van der Waals surface area contributed by atoms with Crippen LogP contribution >= 0.6 is 0 Å². The smallest absolute Gasteiger partial charge is 0.221 e. The molecule has 0 heterocycles. The molecule has 0 aliphatic heterocycles. The number of amides is 1. The van der Waals surface area contributed by atoms with Crippen LogP contribution in [-0.2, 0) is 4.79 Å². The molecule has 0 saturated carbocycles.